The maximum Gasteiger partial charge on any atom is 0.287 e. The van der Waals surface area contributed by atoms with E-state index in [2.05, 4.69) is 10.6 Å². The molecule has 1 heterocycles. The SMILES string of the molecule is CN(C)C(=O)c1cccc(NC(=O)C(Cc2ccccc2)NC(=O)c2ccco2)c1. The van der Waals surface area contributed by atoms with Gasteiger partial charge in [-0.15, -0.1) is 0 Å². The highest BCUT2D eigenvalue weighted by Crippen LogP contribution is 2.14. The fourth-order valence-corrected chi connectivity index (χ4v) is 2.91. The summed E-state index contributed by atoms with van der Waals surface area (Å²) in [6.45, 7) is 0. The van der Waals surface area contributed by atoms with Crippen molar-refractivity contribution in [2.75, 3.05) is 19.4 Å². The van der Waals surface area contributed by atoms with E-state index in [4.69, 9.17) is 4.42 Å². The van der Waals surface area contributed by atoms with Gasteiger partial charge >= 0.3 is 0 Å². The Morgan fingerprint density at radius 1 is 0.967 bits per heavy atom. The predicted octanol–water partition coefficient (Wildman–Crippen LogP) is 2.96. The van der Waals surface area contributed by atoms with Gasteiger partial charge < -0.3 is 20.0 Å². The molecule has 7 nitrogen and oxygen atoms in total. The van der Waals surface area contributed by atoms with Crippen molar-refractivity contribution in [3.63, 3.8) is 0 Å². The number of carbonyl (C=O) groups excluding carboxylic acids is 3. The van der Waals surface area contributed by atoms with Crippen LogP contribution in [0.4, 0.5) is 5.69 Å². The largest absolute Gasteiger partial charge is 0.459 e. The van der Waals surface area contributed by atoms with Crippen LogP contribution in [0, 0.1) is 0 Å². The zero-order chi connectivity index (χ0) is 21.5. The van der Waals surface area contributed by atoms with E-state index in [9.17, 15) is 14.4 Å². The lowest BCUT2D eigenvalue weighted by Crippen LogP contribution is -2.45. The first-order chi connectivity index (χ1) is 14.4. The zero-order valence-electron chi connectivity index (χ0n) is 16.8. The lowest BCUT2D eigenvalue weighted by Gasteiger charge is -2.19. The number of carbonyl (C=O) groups is 3. The second-order valence-electron chi connectivity index (χ2n) is 6.96. The van der Waals surface area contributed by atoms with Crippen LogP contribution in [-0.4, -0.2) is 42.8 Å². The van der Waals surface area contributed by atoms with Gasteiger partial charge in [0.25, 0.3) is 11.8 Å². The summed E-state index contributed by atoms with van der Waals surface area (Å²) in [7, 11) is 3.32. The van der Waals surface area contributed by atoms with Gasteiger partial charge in [-0.2, -0.15) is 0 Å². The highest BCUT2D eigenvalue weighted by Gasteiger charge is 2.23. The van der Waals surface area contributed by atoms with Crippen LogP contribution in [0.25, 0.3) is 0 Å². The van der Waals surface area contributed by atoms with Gasteiger partial charge in [-0.1, -0.05) is 36.4 Å². The van der Waals surface area contributed by atoms with Gasteiger partial charge in [-0.25, -0.2) is 0 Å². The molecule has 0 spiro atoms. The van der Waals surface area contributed by atoms with Gasteiger partial charge in [-0.05, 0) is 35.9 Å². The topological polar surface area (TPSA) is 91.7 Å². The Morgan fingerprint density at radius 3 is 2.40 bits per heavy atom. The van der Waals surface area contributed by atoms with Crippen LogP contribution in [0.1, 0.15) is 26.5 Å². The Bertz CT molecular complexity index is 1010. The quantitative estimate of drug-likeness (QED) is 0.632. The van der Waals surface area contributed by atoms with Gasteiger partial charge in [-0.3, -0.25) is 14.4 Å². The van der Waals surface area contributed by atoms with Gasteiger partial charge in [0.15, 0.2) is 5.76 Å². The minimum atomic E-state index is -0.835. The number of benzene rings is 2. The average molecular weight is 405 g/mol. The van der Waals surface area contributed by atoms with Crippen LogP contribution >= 0.6 is 0 Å². The highest BCUT2D eigenvalue weighted by molar-refractivity contribution is 6.01. The fourth-order valence-electron chi connectivity index (χ4n) is 2.91. The number of amides is 3. The second-order valence-corrected chi connectivity index (χ2v) is 6.96. The molecule has 0 radical (unpaired) electrons. The van der Waals surface area contributed by atoms with Crippen LogP contribution in [0.15, 0.2) is 77.4 Å². The molecule has 154 valence electrons. The number of nitrogens with one attached hydrogen (secondary N) is 2. The summed E-state index contributed by atoms with van der Waals surface area (Å²) in [4.78, 5) is 39.1. The molecule has 1 unspecified atom stereocenters. The fraction of sp³-hybridized carbons (Fsp3) is 0.174. The molecule has 0 saturated heterocycles. The Balaban J connectivity index is 1.78. The number of hydrogen-bond donors (Lipinski definition) is 2. The Morgan fingerprint density at radius 2 is 1.73 bits per heavy atom. The number of rotatable bonds is 7. The Hall–Kier alpha value is -3.87. The second kappa shape index (κ2) is 9.56. The maximum atomic E-state index is 13.0. The first-order valence-electron chi connectivity index (χ1n) is 9.45. The van der Waals surface area contributed by atoms with Gasteiger partial charge in [0.1, 0.15) is 6.04 Å². The Labute approximate surface area is 174 Å². The zero-order valence-corrected chi connectivity index (χ0v) is 16.8. The van der Waals surface area contributed by atoms with Crippen LogP contribution in [0.3, 0.4) is 0 Å². The third-order valence-corrected chi connectivity index (χ3v) is 4.43. The summed E-state index contributed by atoms with van der Waals surface area (Å²) in [6, 6.07) is 18.4. The maximum absolute atomic E-state index is 13.0. The third kappa shape index (κ3) is 5.35. The van der Waals surface area contributed by atoms with Crippen LogP contribution in [0.2, 0.25) is 0 Å². The molecule has 0 fully saturated rings. The van der Waals surface area contributed by atoms with E-state index >= 15 is 0 Å². The molecule has 30 heavy (non-hydrogen) atoms. The molecule has 1 aromatic heterocycles. The Kier molecular flexibility index (Phi) is 6.64. The molecule has 0 bridgehead atoms. The number of anilines is 1. The van der Waals surface area contributed by atoms with E-state index in [0.717, 1.165) is 5.56 Å². The minimum Gasteiger partial charge on any atom is -0.459 e. The normalized spacial score (nSPS) is 11.4. The molecule has 1 atom stereocenters. The molecular weight excluding hydrogens is 382 g/mol. The van der Waals surface area contributed by atoms with Crippen molar-refractivity contribution in [1.82, 2.24) is 10.2 Å². The molecule has 0 aliphatic heterocycles. The molecule has 0 aliphatic rings. The van der Waals surface area contributed by atoms with E-state index in [1.807, 2.05) is 30.3 Å². The lowest BCUT2D eigenvalue weighted by molar-refractivity contribution is -0.118. The van der Waals surface area contributed by atoms with E-state index in [0.29, 0.717) is 17.7 Å². The van der Waals surface area contributed by atoms with Gasteiger partial charge in [0.05, 0.1) is 6.26 Å². The van der Waals surface area contributed by atoms with Crippen LogP contribution in [0.5, 0.6) is 0 Å². The van der Waals surface area contributed by atoms with Crippen molar-refractivity contribution in [2.24, 2.45) is 0 Å². The molecule has 0 saturated carbocycles. The summed E-state index contributed by atoms with van der Waals surface area (Å²) in [6.07, 6.45) is 1.70. The molecule has 3 aromatic rings. The summed E-state index contributed by atoms with van der Waals surface area (Å²) in [5.74, 6) is -0.918. The number of furan rings is 1. The molecule has 7 heteroatoms. The van der Waals surface area contributed by atoms with Crippen LogP contribution in [-0.2, 0) is 11.2 Å². The van der Waals surface area contributed by atoms with E-state index in [1.165, 1.54) is 17.2 Å². The van der Waals surface area contributed by atoms with Crippen molar-refractivity contribution in [3.8, 4) is 0 Å². The highest BCUT2D eigenvalue weighted by atomic mass is 16.3. The molecule has 3 amide bonds. The van der Waals surface area contributed by atoms with Crippen molar-refractivity contribution < 1.29 is 18.8 Å². The third-order valence-electron chi connectivity index (χ3n) is 4.43. The van der Waals surface area contributed by atoms with E-state index in [1.54, 1.807) is 44.4 Å². The van der Waals surface area contributed by atoms with Crippen molar-refractivity contribution >= 4 is 23.4 Å². The number of nitrogens with zero attached hydrogens (tertiary/aromatic N) is 1. The van der Waals surface area contributed by atoms with Crippen molar-refractivity contribution in [2.45, 2.75) is 12.5 Å². The standard InChI is InChI=1S/C23H23N3O4/c1-26(2)23(29)17-10-6-11-18(15-17)24-21(27)19(14-16-8-4-3-5-9-16)25-22(28)20-12-7-13-30-20/h3-13,15,19H,14H2,1-2H3,(H,24,27)(H,25,28). The average Bonchev–Trinajstić information content (AvgIpc) is 3.28. The number of hydrogen-bond acceptors (Lipinski definition) is 4. The first-order valence-corrected chi connectivity index (χ1v) is 9.45. The van der Waals surface area contributed by atoms with E-state index < -0.39 is 17.9 Å². The molecule has 0 aliphatic carbocycles. The van der Waals surface area contributed by atoms with Crippen molar-refractivity contribution in [1.29, 1.82) is 0 Å². The van der Waals surface area contributed by atoms with Crippen molar-refractivity contribution in [3.05, 3.63) is 89.9 Å². The summed E-state index contributed by atoms with van der Waals surface area (Å²) < 4.78 is 5.12. The van der Waals surface area contributed by atoms with Crippen LogP contribution < -0.4 is 10.6 Å². The summed E-state index contributed by atoms with van der Waals surface area (Å²) >= 11 is 0. The molecular formula is C23H23N3O4. The van der Waals surface area contributed by atoms with E-state index in [-0.39, 0.29) is 11.7 Å². The molecule has 3 rings (SSSR count). The predicted molar refractivity (Wildman–Crippen MR) is 113 cm³/mol. The molecule has 2 N–H and O–H groups in total. The first kappa shape index (κ1) is 20.9. The molecule has 2 aromatic carbocycles. The smallest absolute Gasteiger partial charge is 0.287 e. The lowest BCUT2D eigenvalue weighted by atomic mass is 10.0. The monoisotopic (exact) mass is 405 g/mol. The summed E-state index contributed by atoms with van der Waals surface area (Å²) in [5.41, 5.74) is 1.82. The van der Waals surface area contributed by atoms with Gasteiger partial charge in [0, 0.05) is 31.8 Å². The summed E-state index contributed by atoms with van der Waals surface area (Å²) in [5, 5.41) is 5.52. The van der Waals surface area contributed by atoms with Gasteiger partial charge in [0.2, 0.25) is 5.91 Å². The minimum absolute atomic E-state index is 0.124.